The van der Waals surface area contributed by atoms with E-state index in [4.69, 9.17) is 17.3 Å². The second kappa shape index (κ2) is 7.00. The number of fused-ring (bicyclic) bond motifs is 1. The number of para-hydroxylation sites is 1. The van der Waals surface area contributed by atoms with Gasteiger partial charge in [-0.25, -0.2) is 0 Å². The van der Waals surface area contributed by atoms with Crippen molar-refractivity contribution < 1.29 is 4.79 Å². The number of carbonyl (C=O) groups is 1. The zero-order valence-corrected chi connectivity index (χ0v) is 16.6. The summed E-state index contributed by atoms with van der Waals surface area (Å²) in [7, 11) is 0. The molecule has 3 N–H and O–H groups in total. The van der Waals surface area contributed by atoms with Gasteiger partial charge in [-0.1, -0.05) is 50.9 Å². The minimum absolute atomic E-state index is 0.156. The fourth-order valence-electron chi connectivity index (χ4n) is 3.56. The van der Waals surface area contributed by atoms with Crippen molar-refractivity contribution in [2.24, 2.45) is 11.3 Å². The number of benzene rings is 1. The first kappa shape index (κ1) is 18.3. The van der Waals surface area contributed by atoms with Gasteiger partial charge in [0.15, 0.2) is 0 Å². The molecule has 0 saturated heterocycles. The first-order chi connectivity index (χ1) is 11.8. The number of hydrogen-bond acceptors (Lipinski definition) is 3. The van der Waals surface area contributed by atoms with Gasteiger partial charge in [0, 0.05) is 4.88 Å². The first-order valence-corrected chi connectivity index (χ1v) is 9.98. The Bertz CT molecular complexity index is 797. The van der Waals surface area contributed by atoms with Crippen LogP contribution in [-0.4, -0.2) is 5.91 Å². The van der Waals surface area contributed by atoms with Gasteiger partial charge in [0.2, 0.25) is 0 Å². The molecule has 3 nitrogen and oxygen atoms in total. The summed E-state index contributed by atoms with van der Waals surface area (Å²) in [5.41, 5.74) is 8.94. The molecule has 1 aromatic carbocycles. The van der Waals surface area contributed by atoms with E-state index in [9.17, 15) is 4.79 Å². The minimum Gasteiger partial charge on any atom is -0.390 e. The van der Waals surface area contributed by atoms with Crippen LogP contribution in [0.1, 0.15) is 54.4 Å². The predicted octanol–water partition coefficient (Wildman–Crippen LogP) is 5.78. The van der Waals surface area contributed by atoms with Crippen LogP contribution in [0.4, 0.5) is 10.7 Å². The van der Waals surface area contributed by atoms with Crippen molar-refractivity contribution in [3.05, 3.63) is 45.3 Å². The number of nitrogen functional groups attached to an aromatic ring is 1. The Morgan fingerprint density at radius 2 is 2.12 bits per heavy atom. The van der Waals surface area contributed by atoms with Gasteiger partial charge >= 0.3 is 0 Å². The van der Waals surface area contributed by atoms with Crippen LogP contribution in [0.25, 0.3) is 0 Å². The molecule has 0 aliphatic heterocycles. The van der Waals surface area contributed by atoms with Gasteiger partial charge < -0.3 is 11.1 Å². The van der Waals surface area contributed by atoms with Crippen LogP contribution in [0.15, 0.2) is 24.3 Å². The zero-order chi connectivity index (χ0) is 18.2. The highest BCUT2D eigenvalue weighted by Crippen LogP contribution is 2.44. The summed E-state index contributed by atoms with van der Waals surface area (Å²) in [6, 6.07) is 7.26. The van der Waals surface area contributed by atoms with E-state index in [1.54, 1.807) is 23.5 Å². The summed E-state index contributed by atoms with van der Waals surface area (Å²) in [4.78, 5) is 14.1. The Labute approximate surface area is 158 Å². The number of halogens is 1. The molecule has 1 amide bonds. The minimum atomic E-state index is -0.156. The number of anilines is 2. The maximum absolute atomic E-state index is 12.8. The highest BCUT2D eigenvalue weighted by Gasteiger charge is 2.34. The molecule has 1 aliphatic carbocycles. The lowest BCUT2D eigenvalue weighted by Crippen LogP contribution is -2.29. The number of hydrogen-bond donors (Lipinski definition) is 2. The largest absolute Gasteiger partial charge is 0.390 e. The summed E-state index contributed by atoms with van der Waals surface area (Å²) in [5.74, 6) is 0.485. The second-order valence-corrected chi connectivity index (χ2v) is 9.00. The standard InChI is InChI=1S/C20H25ClN2OS/c1-4-20(2,3)12-9-10-13-16(11-12)25-18(22)17(13)19(24)23-15-8-6-5-7-14(15)21/h5-8,12H,4,9-11,22H2,1-3H3,(H,23,24)/t12-/m1/s1. The molecule has 1 aromatic heterocycles. The molecule has 25 heavy (non-hydrogen) atoms. The molecular formula is C20H25ClN2OS. The average molecular weight is 377 g/mol. The lowest BCUT2D eigenvalue weighted by molar-refractivity contribution is 0.102. The van der Waals surface area contributed by atoms with Gasteiger partial charge in [-0.05, 0) is 48.3 Å². The van der Waals surface area contributed by atoms with Crippen molar-refractivity contribution in [1.29, 1.82) is 0 Å². The smallest absolute Gasteiger partial charge is 0.258 e. The number of nitrogens with two attached hydrogens (primary N) is 1. The van der Waals surface area contributed by atoms with E-state index in [2.05, 4.69) is 26.1 Å². The lowest BCUT2D eigenvalue weighted by atomic mass is 9.69. The van der Waals surface area contributed by atoms with Crippen molar-refractivity contribution in [2.75, 3.05) is 11.1 Å². The maximum Gasteiger partial charge on any atom is 0.258 e. The van der Waals surface area contributed by atoms with Crippen LogP contribution in [0.2, 0.25) is 5.02 Å². The van der Waals surface area contributed by atoms with Crippen molar-refractivity contribution >= 4 is 39.5 Å². The van der Waals surface area contributed by atoms with Crippen LogP contribution in [0.3, 0.4) is 0 Å². The summed E-state index contributed by atoms with van der Waals surface area (Å²) in [6.45, 7) is 6.93. The third-order valence-corrected chi connectivity index (χ3v) is 7.07. The molecule has 2 aromatic rings. The normalized spacial score (nSPS) is 17.2. The number of thiophene rings is 1. The molecular weight excluding hydrogens is 352 g/mol. The molecule has 0 saturated carbocycles. The number of nitrogens with one attached hydrogen (secondary N) is 1. The molecule has 0 unspecified atom stereocenters. The average Bonchev–Trinajstić information content (AvgIpc) is 2.91. The van der Waals surface area contributed by atoms with Gasteiger partial charge in [-0.2, -0.15) is 0 Å². The van der Waals surface area contributed by atoms with Crippen LogP contribution >= 0.6 is 22.9 Å². The predicted molar refractivity (Wildman–Crippen MR) is 108 cm³/mol. The highest BCUT2D eigenvalue weighted by molar-refractivity contribution is 7.16. The third kappa shape index (κ3) is 3.56. The highest BCUT2D eigenvalue weighted by atomic mass is 35.5. The molecule has 134 valence electrons. The SMILES string of the molecule is CCC(C)(C)[C@@H]1CCc2c(sc(N)c2C(=O)Nc2ccccc2Cl)C1. The van der Waals surface area contributed by atoms with Crippen molar-refractivity contribution in [1.82, 2.24) is 0 Å². The Balaban J connectivity index is 1.86. The zero-order valence-electron chi connectivity index (χ0n) is 15.0. The molecule has 0 fully saturated rings. The first-order valence-electron chi connectivity index (χ1n) is 8.79. The quantitative estimate of drug-likeness (QED) is 0.710. The molecule has 0 radical (unpaired) electrons. The topological polar surface area (TPSA) is 55.1 Å². The van der Waals surface area contributed by atoms with Crippen LogP contribution in [-0.2, 0) is 12.8 Å². The van der Waals surface area contributed by atoms with Gasteiger partial charge in [-0.15, -0.1) is 11.3 Å². The Morgan fingerprint density at radius 1 is 1.40 bits per heavy atom. The van der Waals surface area contributed by atoms with Crippen molar-refractivity contribution in [2.45, 2.75) is 46.5 Å². The molecule has 1 aliphatic rings. The van der Waals surface area contributed by atoms with Crippen LogP contribution < -0.4 is 11.1 Å². The second-order valence-electron chi connectivity index (χ2n) is 7.46. The fourth-order valence-corrected chi connectivity index (χ4v) is 4.94. The summed E-state index contributed by atoms with van der Waals surface area (Å²) >= 11 is 7.73. The van der Waals surface area contributed by atoms with E-state index in [-0.39, 0.29) is 5.91 Å². The van der Waals surface area contributed by atoms with Crippen molar-refractivity contribution in [3.63, 3.8) is 0 Å². The van der Waals surface area contributed by atoms with E-state index in [1.165, 1.54) is 4.88 Å². The Kier molecular flexibility index (Phi) is 5.12. The van der Waals surface area contributed by atoms with E-state index < -0.39 is 0 Å². The summed E-state index contributed by atoms with van der Waals surface area (Å²) in [5, 5.41) is 4.06. The number of amides is 1. The third-order valence-electron chi connectivity index (χ3n) is 5.66. The molecule has 1 heterocycles. The molecule has 1 atom stereocenters. The number of carbonyl (C=O) groups excluding carboxylic acids is 1. The van der Waals surface area contributed by atoms with Gasteiger partial charge in [0.05, 0.1) is 21.3 Å². The van der Waals surface area contributed by atoms with E-state index in [0.29, 0.717) is 32.6 Å². The fraction of sp³-hybridized carbons (Fsp3) is 0.450. The van der Waals surface area contributed by atoms with Crippen molar-refractivity contribution in [3.8, 4) is 0 Å². The Hall–Kier alpha value is -1.52. The summed E-state index contributed by atoms with van der Waals surface area (Å²) in [6.07, 6.45) is 4.21. The van der Waals surface area contributed by atoms with Gasteiger partial charge in [-0.3, -0.25) is 4.79 Å². The summed E-state index contributed by atoms with van der Waals surface area (Å²) < 4.78 is 0. The Morgan fingerprint density at radius 3 is 2.80 bits per heavy atom. The maximum atomic E-state index is 12.8. The molecule has 0 spiro atoms. The molecule has 5 heteroatoms. The molecule has 0 bridgehead atoms. The monoisotopic (exact) mass is 376 g/mol. The number of rotatable bonds is 4. The van der Waals surface area contributed by atoms with Crippen LogP contribution in [0.5, 0.6) is 0 Å². The van der Waals surface area contributed by atoms with Gasteiger partial charge in [0.25, 0.3) is 5.91 Å². The lowest BCUT2D eigenvalue weighted by Gasteiger charge is -2.36. The van der Waals surface area contributed by atoms with Crippen LogP contribution in [0, 0.1) is 11.3 Å². The van der Waals surface area contributed by atoms with E-state index in [1.807, 2.05) is 12.1 Å². The van der Waals surface area contributed by atoms with Gasteiger partial charge in [0.1, 0.15) is 0 Å². The van der Waals surface area contributed by atoms with E-state index in [0.717, 1.165) is 31.2 Å². The molecule has 3 rings (SSSR count). The van der Waals surface area contributed by atoms with E-state index >= 15 is 0 Å².